The minimum atomic E-state index is -4.70. The van der Waals surface area contributed by atoms with Gasteiger partial charge in [-0.1, -0.05) is 48.6 Å². The van der Waals surface area contributed by atoms with Crippen molar-refractivity contribution in [3.05, 3.63) is 179 Å². The third-order valence-electron chi connectivity index (χ3n) is 9.58. The van der Waals surface area contributed by atoms with E-state index in [-0.39, 0.29) is 47.0 Å². The number of benzene rings is 6. The zero-order valence-corrected chi connectivity index (χ0v) is 35.0. The maximum Gasteiger partial charge on any atom is 0.461 e. The number of ether oxygens (including phenoxy) is 4. The van der Waals surface area contributed by atoms with Crippen LogP contribution in [0.2, 0.25) is 0 Å². The van der Waals surface area contributed by atoms with Crippen molar-refractivity contribution in [2.24, 2.45) is 0 Å². The molecule has 6 aromatic rings. The molecule has 18 heteroatoms. The van der Waals surface area contributed by atoms with Crippen molar-refractivity contribution < 1.29 is 73.2 Å². The van der Waals surface area contributed by atoms with Gasteiger partial charge in [-0.25, -0.2) is 9.59 Å². The summed E-state index contributed by atoms with van der Waals surface area (Å²) in [7, 11) is 0. The molecule has 0 saturated carbocycles. The van der Waals surface area contributed by atoms with Gasteiger partial charge in [0, 0.05) is 24.2 Å². The van der Waals surface area contributed by atoms with E-state index in [2.05, 4.69) is 9.47 Å². The first-order chi connectivity index (χ1) is 32.2. The molecule has 0 amide bonds. The van der Waals surface area contributed by atoms with Crippen molar-refractivity contribution in [2.45, 2.75) is 37.9 Å². The lowest BCUT2D eigenvalue weighted by molar-refractivity contribution is -0.253. The van der Waals surface area contributed by atoms with Gasteiger partial charge in [-0.15, -0.1) is 0 Å². The summed E-state index contributed by atoms with van der Waals surface area (Å²) in [5, 5.41) is 0. The minimum absolute atomic E-state index is 0.0603. The monoisotopic (exact) mass is 944 g/mol. The highest BCUT2D eigenvalue weighted by Gasteiger charge is 2.44. The first kappa shape index (κ1) is 49.2. The van der Waals surface area contributed by atoms with Gasteiger partial charge in [-0.3, -0.25) is 9.59 Å². The second-order valence-electron chi connectivity index (χ2n) is 14.7. The first-order valence-corrected chi connectivity index (χ1v) is 20.0. The van der Waals surface area contributed by atoms with Crippen LogP contribution in [0, 0.1) is 0 Å². The Kier molecular flexibility index (Phi) is 15.4. The highest BCUT2D eigenvalue weighted by atomic mass is 19.3. The van der Waals surface area contributed by atoms with E-state index in [0.717, 1.165) is 48.5 Å². The number of nitrogens with two attached hydrogens (primary N) is 2. The number of hydrogen-bond acceptors (Lipinski definition) is 10. The molecule has 350 valence electrons. The molecule has 6 aromatic carbocycles. The molecule has 0 fully saturated rings. The summed E-state index contributed by atoms with van der Waals surface area (Å²) in [5.41, 5.74) is 16.7. The van der Waals surface area contributed by atoms with E-state index in [1.54, 1.807) is 60.7 Å². The number of carbonyl (C=O) groups is 4. The van der Waals surface area contributed by atoms with Crippen LogP contribution in [-0.4, -0.2) is 48.6 Å². The number of nitrogen functional groups attached to an aromatic ring is 2. The molecule has 0 spiro atoms. The van der Waals surface area contributed by atoms with Crippen LogP contribution in [0.15, 0.2) is 146 Å². The zero-order chi connectivity index (χ0) is 49.2. The molecule has 68 heavy (non-hydrogen) atoms. The Morgan fingerprint density at radius 2 is 0.794 bits per heavy atom. The summed E-state index contributed by atoms with van der Waals surface area (Å²) in [6, 6.07) is 30.2. The quantitative estimate of drug-likeness (QED) is 0.0263. The van der Waals surface area contributed by atoms with Crippen LogP contribution in [0.1, 0.15) is 43.0 Å². The SMILES string of the molecule is Nc1ccc(-c2ccc(N)cc2CC(=O)/C=C/c2ccc(C(=O)Oc3ccc(OC(F)(F)C(F)F)cc3)cc2)c(CC(=O)/C=C/c2ccc(C(=O)Oc3ccc(OC(F)(F)C(F)F)cc3)cc2)c1. The highest BCUT2D eigenvalue weighted by molar-refractivity contribution is 5.99. The van der Waals surface area contributed by atoms with Crippen molar-refractivity contribution in [3.8, 4) is 34.1 Å². The highest BCUT2D eigenvalue weighted by Crippen LogP contribution is 2.33. The molecule has 0 radical (unpaired) electrons. The molecular formula is C50H36F8N2O8. The second kappa shape index (κ2) is 21.4. The Hall–Kier alpha value is -8.28. The van der Waals surface area contributed by atoms with Crippen LogP contribution < -0.4 is 30.4 Å². The zero-order valence-electron chi connectivity index (χ0n) is 35.0. The summed E-state index contributed by atoms with van der Waals surface area (Å²) in [4.78, 5) is 51.9. The predicted octanol–water partition coefficient (Wildman–Crippen LogP) is 11.1. The topological polar surface area (TPSA) is 157 Å². The molecule has 10 nitrogen and oxygen atoms in total. The van der Waals surface area contributed by atoms with E-state index in [4.69, 9.17) is 20.9 Å². The molecule has 0 saturated heterocycles. The van der Waals surface area contributed by atoms with E-state index in [1.165, 1.54) is 48.6 Å². The fourth-order valence-corrected chi connectivity index (χ4v) is 6.26. The van der Waals surface area contributed by atoms with Gasteiger partial charge in [0.05, 0.1) is 11.1 Å². The predicted molar refractivity (Wildman–Crippen MR) is 235 cm³/mol. The molecule has 0 aliphatic heterocycles. The largest absolute Gasteiger partial charge is 0.461 e. The Morgan fingerprint density at radius 3 is 1.12 bits per heavy atom. The van der Waals surface area contributed by atoms with Crippen molar-refractivity contribution in [2.75, 3.05) is 11.5 Å². The van der Waals surface area contributed by atoms with Crippen LogP contribution in [0.3, 0.4) is 0 Å². The number of alkyl halides is 8. The average molecular weight is 945 g/mol. The van der Waals surface area contributed by atoms with Crippen molar-refractivity contribution in [1.82, 2.24) is 0 Å². The number of hydrogen-bond donors (Lipinski definition) is 2. The Labute approximate surface area is 382 Å². The van der Waals surface area contributed by atoms with Gasteiger partial charge >= 0.3 is 37.0 Å². The normalized spacial score (nSPS) is 11.9. The van der Waals surface area contributed by atoms with Gasteiger partial charge in [0.15, 0.2) is 11.6 Å². The van der Waals surface area contributed by atoms with Gasteiger partial charge in [0.25, 0.3) is 0 Å². The van der Waals surface area contributed by atoms with Gasteiger partial charge in [-0.2, -0.15) is 35.1 Å². The van der Waals surface area contributed by atoms with E-state index in [0.29, 0.717) is 44.8 Å². The number of carbonyl (C=O) groups excluding carboxylic acids is 4. The van der Waals surface area contributed by atoms with E-state index in [9.17, 15) is 54.3 Å². The summed E-state index contributed by atoms with van der Waals surface area (Å²) < 4.78 is 121. The van der Waals surface area contributed by atoms with Crippen molar-refractivity contribution >= 4 is 47.0 Å². The van der Waals surface area contributed by atoms with Crippen LogP contribution >= 0.6 is 0 Å². The maximum atomic E-state index is 13.3. The number of esters is 2. The molecule has 0 aliphatic carbocycles. The van der Waals surface area contributed by atoms with E-state index >= 15 is 0 Å². The van der Waals surface area contributed by atoms with Gasteiger partial charge < -0.3 is 30.4 Å². The first-order valence-electron chi connectivity index (χ1n) is 20.0. The fourth-order valence-electron chi connectivity index (χ4n) is 6.26. The van der Waals surface area contributed by atoms with Crippen LogP contribution in [-0.2, 0) is 22.4 Å². The molecule has 0 unspecified atom stereocenters. The van der Waals surface area contributed by atoms with Crippen LogP contribution in [0.25, 0.3) is 23.3 Å². The lowest BCUT2D eigenvalue weighted by Gasteiger charge is -2.16. The Morgan fingerprint density at radius 1 is 0.471 bits per heavy atom. The van der Waals surface area contributed by atoms with Crippen LogP contribution in [0.5, 0.6) is 23.0 Å². The lowest BCUT2D eigenvalue weighted by Crippen LogP contribution is -2.33. The minimum Gasteiger partial charge on any atom is -0.428 e. The molecular weight excluding hydrogens is 909 g/mol. The van der Waals surface area contributed by atoms with Crippen molar-refractivity contribution in [1.29, 1.82) is 0 Å². The number of allylic oxidation sites excluding steroid dienone is 2. The fraction of sp³-hybridized carbons (Fsp3) is 0.120. The number of halogens is 8. The van der Waals surface area contributed by atoms with E-state index in [1.807, 2.05) is 0 Å². The van der Waals surface area contributed by atoms with Crippen molar-refractivity contribution in [3.63, 3.8) is 0 Å². The molecule has 0 aliphatic rings. The smallest absolute Gasteiger partial charge is 0.428 e. The van der Waals surface area contributed by atoms with Gasteiger partial charge in [0.2, 0.25) is 0 Å². The number of rotatable bonds is 19. The van der Waals surface area contributed by atoms with E-state index < -0.39 is 48.5 Å². The second-order valence-corrected chi connectivity index (χ2v) is 14.7. The summed E-state index contributed by atoms with van der Waals surface area (Å²) >= 11 is 0. The third-order valence-corrected chi connectivity index (χ3v) is 9.58. The number of anilines is 2. The molecule has 0 bridgehead atoms. The Bertz CT molecular complexity index is 2640. The molecule has 0 heterocycles. The molecule has 4 N–H and O–H groups in total. The molecule has 0 atom stereocenters. The van der Waals surface area contributed by atoms with Gasteiger partial charge in [0.1, 0.15) is 23.0 Å². The molecule has 6 rings (SSSR count). The summed E-state index contributed by atoms with van der Waals surface area (Å²) in [5.74, 6) is -3.47. The Balaban J connectivity index is 1.05. The summed E-state index contributed by atoms with van der Waals surface area (Å²) in [6.45, 7) is 0. The molecule has 0 aromatic heterocycles. The lowest BCUT2D eigenvalue weighted by atomic mass is 9.90. The van der Waals surface area contributed by atoms with Gasteiger partial charge in [-0.05, 0) is 143 Å². The standard InChI is InChI=1S/C50H36F8N2O8/c51-47(52)49(55,56)67-41-19-15-39(16-20-41)65-45(63)31-7-1-29(2-8-31)5-13-37(61)27-33-25-35(59)11-23-43(33)44-24-12-36(60)26-34(44)28-38(62)14-6-30-3-9-32(10-4-30)46(64)66-40-17-21-42(22-18-40)68-50(57,58)48(53)54/h1-26,47-48H,27-28,59-60H2/b13-5+,14-6+. The third kappa shape index (κ3) is 13.4. The van der Waals surface area contributed by atoms with Crippen LogP contribution in [0.4, 0.5) is 46.5 Å². The number of ketones is 2. The maximum absolute atomic E-state index is 13.3. The summed E-state index contributed by atoms with van der Waals surface area (Å²) in [6.07, 6.45) is -11.9. The average Bonchev–Trinajstić information content (AvgIpc) is 3.29.